The summed E-state index contributed by atoms with van der Waals surface area (Å²) in [6.07, 6.45) is 0. The molecule has 1 aromatic rings. The van der Waals surface area contributed by atoms with E-state index in [4.69, 9.17) is 17.3 Å². The van der Waals surface area contributed by atoms with Crippen LogP contribution in [0.2, 0.25) is 5.02 Å². The minimum absolute atomic E-state index is 0.124. The van der Waals surface area contributed by atoms with Gasteiger partial charge in [0, 0.05) is 11.6 Å². The summed E-state index contributed by atoms with van der Waals surface area (Å²) in [6, 6.07) is 4.86. The summed E-state index contributed by atoms with van der Waals surface area (Å²) in [5.41, 5.74) is 6.26. The molecule has 0 saturated heterocycles. The number of nitrogens with zero attached hydrogens (tertiary/aromatic N) is 1. The molecule has 6 heteroatoms. The highest BCUT2D eigenvalue weighted by atomic mass is 35.5. The number of esters is 1. The second kappa shape index (κ2) is 6.37. The number of carbonyl (C=O) groups is 2. The van der Waals surface area contributed by atoms with Gasteiger partial charge in [-0.2, -0.15) is 0 Å². The summed E-state index contributed by atoms with van der Waals surface area (Å²) in [6.45, 7) is 0.547. The molecule has 2 N–H and O–H groups in total. The van der Waals surface area contributed by atoms with E-state index in [2.05, 4.69) is 4.74 Å². The number of hydrogen-bond donors (Lipinski definition) is 1. The molecule has 0 aliphatic carbocycles. The van der Waals surface area contributed by atoms with Gasteiger partial charge in [0.05, 0.1) is 19.2 Å². The molecule has 5 nitrogen and oxygen atoms in total. The second-order valence-electron chi connectivity index (χ2n) is 3.94. The van der Waals surface area contributed by atoms with E-state index >= 15 is 0 Å². The zero-order valence-corrected chi connectivity index (χ0v) is 11.0. The Labute approximate surface area is 110 Å². The highest BCUT2D eigenvalue weighted by molar-refractivity contribution is 6.31. The Balaban J connectivity index is 2.87. The average Bonchev–Trinajstić information content (AvgIpc) is 2.30. The van der Waals surface area contributed by atoms with Gasteiger partial charge in [0.15, 0.2) is 0 Å². The summed E-state index contributed by atoms with van der Waals surface area (Å²) < 4.78 is 4.63. The number of likely N-dealkylation sites (N-methyl/N-ethyl adjacent to an activating group) is 1. The van der Waals surface area contributed by atoms with Crippen molar-refractivity contribution < 1.29 is 14.3 Å². The third-order valence-corrected chi connectivity index (χ3v) is 2.70. The molecule has 0 heterocycles. The Morgan fingerprint density at radius 1 is 1.44 bits per heavy atom. The van der Waals surface area contributed by atoms with Crippen molar-refractivity contribution in [2.75, 3.05) is 20.7 Å². The number of benzene rings is 1. The molecule has 1 amide bonds. The normalized spacial score (nSPS) is 10.4. The fourth-order valence-electron chi connectivity index (χ4n) is 1.55. The zero-order chi connectivity index (χ0) is 13.7. The van der Waals surface area contributed by atoms with Crippen LogP contribution in [0.5, 0.6) is 0 Å². The Kier molecular flexibility index (Phi) is 5.12. The summed E-state index contributed by atoms with van der Waals surface area (Å²) in [4.78, 5) is 23.9. The second-order valence-corrected chi connectivity index (χ2v) is 4.34. The first-order valence-corrected chi connectivity index (χ1v) is 5.65. The molecule has 0 atom stereocenters. The molecule has 0 bridgehead atoms. The van der Waals surface area contributed by atoms with Crippen LogP contribution in [0, 0.1) is 0 Å². The van der Waals surface area contributed by atoms with Crippen molar-refractivity contribution in [2.24, 2.45) is 5.73 Å². The number of amides is 1. The van der Waals surface area contributed by atoms with Crippen molar-refractivity contribution in [1.82, 2.24) is 4.90 Å². The predicted octanol–water partition coefficient (Wildman–Crippen LogP) is 1.04. The largest absolute Gasteiger partial charge is 0.465 e. The quantitative estimate of drug-likeness (QED) is 0.812. The first-order chi connectivity index (χ1) is 8.43. The van der Waals surface area contributed by atoms with E-state index in [0.29, 0.717) is 17.1 Å². The molecular weight excluding hydrogens is 256 g/mol. The average molecular weight is 271 g/mol. The molecule has 0 aromatic heterocycles. The maximum atomic E-state index is 11.4. The summed E-state index contributed by atoms with van der Waals surface area (Å²) in [7, 11) is 3.06. The first kappa shape index (κ1) is 14.5. The number of rotatable bonds is 5. The van der Waals surface area contributed by atoms with Gasteiger partial charge in [-0.15, -0.1) is 0 Å². The number of ether oxygens (including phenoxy) is 1. The Morgan fingerprint density at radius 2 is 2.11 bits per heavy atom. The van der Waals surface area contributed by atoms with Gasteiger partial charge in [-0.1, -0.05) is 11.6 Å². The van der Waals surface area contributed by atoms with E-state index < -0.39 is 11.9 Å². The molecule has 0 aliphatic rings. The van der Waals surface area contributed by atoms with Gasteiger partial charge in [-0.3, -0.25) is 9.69 Å². The van der Waals surface area contributed by atoms with Crippen molar-refractivity contribution >= 4 is 23.5 Å². The lowest BCUT2D eigenvalue weighted by molar-refractivity contribution is -0.118. The van der Waals surface area contributed by atoms with E-state index in [9.17, 15) is 9.59 Å². The van der Waals surface area contributed by atoms with Crippen molar-refractivity contribution in [3.8, 4) is 0 Å². The third kappa shape index (κ3) is 4.01. The van der Waals surface area contributed by atoms with Gasteiger partial charge in [0.25, 0.3) is 0 Å². The van der Waals surface area contributed by atoms with Crippen molar-refractivity contribution in [1.29, 1.82) is 0 Å². The summed E-state index contributed by atoms with van der Waals surface area (Å²) >= 11 is 6.03. The number of nitrogens with two attached hydrogens (primary N) is 1. The standard InChI is InChI=1S/C12H15ClN2O3/c1-15(7-11(14)16)6-9-5-8(12(17)18-2)3-4-10(9)13/h3-5H,6-7H2,1-2H3,(H2,14,16). The predicted molar refractivity (Wildman–Crippen MR) is 68.3 cm³/mol. The number of methoxy groups -OCH3 is 1. The van der Waals surface area contributed by atoms with Crippen molar-refractivity contribution in [2.45, 2.75) is 6.54 Å². The van der Waals surface area contributed by atoms with Gasteiger partial charge in [0.2, 0.25) is 5.91 Å². The van der Waals surface area contributed by atoms with Crippen LogP contribution in [-0.2, 0) is 16.1 Å². The lowest BCUT2D eigenvalue weighted by Crippen LogP contribution is -2.30. The molecule has 0 fully saturated rings. The first-order valence-electron chi connectivity index (χ1n) is 5.27. The van der Waals surface area contributed by atoms with E-state index in [1.165, 1.54) is 7.11 Å². The molecule has 0 saturated carbocycles. The molecule has 0 spiro atoms. The molecule has 98 valence electrons. The molecule has 1 rings (SSSR count). The minimum Gasteiger partial charge on any atom is -0.465 e. The summed E-state index contributed by atoms with van der Waals surface area (Å²) in [5.74, 6) is -0.844. The number of hydrogen-bond acceptors (Lipinski definition) is 4. The lowest BCUT2D eigenvalue weighted by Gasteiger charge is -2.16. The lowest BCUT2D eigenvalue weighted by atomic mass is 10.1. The molecule has 0 radical (unpaired) electrons. The van der Waals surface area contributed by atoms with Crippen molar-refractivity contribution in [3.05, 3.63) is 34.3 Å². The molecule has 0 unspecified atom stereocenters. The van der Waals surface area contributed by atoms with Gasteiger partial charge in [0.1, 0.15) is 0 Å². The summed E-state index contributed by atoms with van der Waals surface area (Å²) in [5, 5.41) is 0.527. The van der Waals surface area contributed by atoms with Gasteiger partial charge < -0.3 is 10.5 Å². The fraction of sp³-hybridized carbons (Fsp3) is 0.333. The highest BCUT2D eigenvalue weighted by Gasteiger charge is 2.11. The molecule has 18 heavy (non-hydrogen) atoms. The van der Waals surface area contributed by atoms with Crippen LogP contribution in [0.4, 0.5) is 0 Å². The van der Waals surface area contributed by atoms with Crippen LogP contribution in [-0.4, -0.2) is 37.5 Å². The maximum Gasteiger partial charge on any atom is 0.337 e. The van der Waals surface area contributed by atoms with Crippen molar-refractivity contribution in [3.63, 3.8) is 0 Å². The van der Waals surface area contributed by atoms with Crippen LogP contribution < -0.4 is 5.73 Å². The Bertz CT molecular complexity index is 463. The van der Waals surface area contributed by atoms with Crippen LogP contribution >= 0.6 is 11.6 Å². The van der Waals surface area contributed by atoms with E-state index in [0.717, 1.165) is 5.56 Å². The van der Waals surface area contributed by atoms with E-state index in [1.807, 2.05) is 0 Å². The monoisotopic (exact) mass is 270 g/mol. The third-order valence-electron chi connectivity index (χ3n) is 2.33. The van der Waals surface area contributed by atoms with E-state index in [1.54, 1.807) is 30.1 Å². The topological polar surface area (TPSA) is 72.6 Å². The van der Waals surface area contributed by atoms with Crippen LogP contribution in [0.1, 0.15) is 15.9 Å². The van der Waals surface area contributed by atoms with Crippen LogP contribution in [0.15, 0.2) is 18.2 Å². The van der Waals surface area contributed by atoms with Crippen LogP contribution in [0.25, 0.3) is 0 Å². The molecule has 1 aromatic carbocycles. The van der Waals surface area contributed by atoms with Gasteiger partial charge >= 0.3 is 5.97 Å². The number of primary amides is 1. The maximum absolute atomic E-state index is 11.4. The zero-order valence-electron chi connectivity index (χ0n) is 10.3. The van der Waals surface area contributed by atoms with Gasteiger partial charge in [-0.25, -0.2) is 4.79 Å². The van der Waals surface area contributed by atoms with E-state index in [-0.39, 0.29) is 6.54 Å². The number of carbonyl (C=O) groups excluding carboxylic acids is 2. The van der Waals surface area contributed by atoms with Gasteiger partial charge in [-0.05, 0) is 30.8 Å². The fourth-order valence-corrected chi connectivity index (χ4v) is 1.73. The Hall–Kier alpha value is -1.59. The molecule has 0 aliphatic heterocycles. The highest BCUT2D eigenvalue weighted by Crippen LogP contribution is 2.19. The van der Waals surface area contributed by atoms with Crippen LogP contribution in [0.3, 0.4) is 0 Å². The molecular formula is C12H15ClN2O3. The Morgan fingerprint density at radius 3 is 2.67 bits per heavy atom. The minimum atomic E-state index is -0.425. The smallest absolute Gasteiger partial charge is 0.337 e. The SMILES string of the molecule is COC(=O)c1ccc(Cl)c(CN(C)CC(N)=O)c1. The number of halogens is 1.